The Morgan fingerprint density at radius 2 is 2.20 bits per heavy atom. The third kappa shape index (κ3) is 1.90. The van der Waals surface area contributed by atoms with E-state index in [0.717, 1.165) is 22.0 Å². The molecule has 0 bridgehead atoms. The topological polar surface area (TPSA) is 52.0 Å². The summed E-state index contributed by atoms with van der Waals surface area (Å²) in [5.41, 5.74) is 8.86. The highest BCUT2D eigenvalue weighted by atomic mass is 79.9. The number of halogens is 1. The third-order valence-electron chi connectivity index (χ3n) is 2.34. The van der Waals surface area contributed by atoms with Crippen molar-refractivity contribution in [2.45, 2.75) is 13.3 Å². The van der Waals surface area contributed by atoms with Gasteiger partial charge in [0, 0.05) is 4.47 Å². The van der Waals surface area contributed by atoms with E-state index in [1.807, 2.05) is 12.1 Å². The van der Waals surface area contributed by atoms with Crippen LogP contribution in [0, 0.1) is 0 Å². The normalized spacial score (nSPS) is 10.5. The molecule has 4 heteroatoms. The van der Waals surface area contributed by atoms with Gasteiger partial charge in [0.2, 0.25) is 5.88 Å². The number of benzene rings is 1. The minimum atomic E-state index is 0.368. The van der Waals surface area contributed by atoms with Gasteiger partial charge in [-0.25, -0.2) is 0 Å². The smallest absolute Gasteiger partial charge is 0.229 e. The van der Waals surface area contributed by atoms with Crippen LogP contribution in [0.5, 0.6) is 0 Å². The molecular formula is C11H11BrN2O. The average molecular weight is 267 g/mol. The second-order valence-corrected chi connectivity index (χ2v) is 4.17. The summed E-state index contributed by atoms with van der Waals surface area (Å²) in [6.45, 7) is 2.11. The van der Waals surface area contributed by atoms with E-state index >= 15 is 0 Å². The summed E-state index contributed by atoms with van der Waals surface area (Å²) >= 11 is 3.45. The Kier molecular flexibility index (Phi) is 2.77. The molecule has 0 amide bonds. The minimum absolute atomic E-state index is 0.368. The van der Waals surface area contributed by atoms with Gasteiger partial charge in [0.25, 0.3) is 0 Å². The van der Waals surface area contributed by atoms with Gasteiger partial charge in [-0.15, -0.1) is 0 Å². The molecule has 0 aliphatic heterocycles. The van der Waals surface area contributed by atoms with E-state index in [9.17, 15) is 0 Å². The van der Waals surface area contributed by atoms with Crippen LogP contribution in [0.25, 0.3) is 11.1 Å². The molecule has 15 heavy (non-hydrogen) atoms. The quantitative estimate of drug-likeness (QED) is 0.908. The van der Waals surface area contributed by atoms with Crippen molar-refractivity contribution in [3.63, 3.8) is 0 Å². The summed E-state index contributed by atoms with van der Waals surface area (Å²) in [6.07, 6.45) is 2.59. The lowest BCUT2D eigenvalue weighted by atomic mass is 10.0. The van der Waals surface area contributed by atoms with Crippen molar-refractivity contribution in [1.82, 2.24) is 5.16 Å². The van der Waals surface area contributed by atoms with E-state index in [1.54, 1.807) is 6.20 Å². The van der Waals surface area contributed by atoms with E-state index in [2.05, 4.69) is 34.1 Å². The fraction of sp³-hybridized carbons (Fsp3) is 0.182. The summed E-state index contributed by atoms with van der Waals surface area (Å²) in [5, 5.41) is 3.68. The van der Waals surface area contributed by atoms with Crippen LogP contribution >= 0.6 is 15.9 Å². The predicted molar refractivity (Wildman–Crippen MR) is 63.4 cm³/mol. The number of nitrogens with two attached hydrogens (primary N) is 1. The lowest BCUT2D eigenvalue weighted by Gasteiger charge is -2.06. The summed E-state index contributed by atoms with van der Waals surface area (Å²) in [6, 6.07) is 6.09. The predicted octanol–water partition coefficient (Wildman–Crippen LogP) is 3.25. The van der Waals surface area contributed by atoms with Crippen LogP contribution in [0.2, 0.25) is 0 Å². The highest BCUT2D eigenvalue weighted by molar-refractivity contribution is 9.10. The van der Waals surface area contributed by atoms with Crippen LogP contribution in [-0.4, -0.2) is 5.16 Å². The first-order valence-electron chi connectivity index (χ1n) is 4.71. The SMILES string of the molecule is CCc1cc(Br)ccc1-c1cnoc1N. The number of nitrogens with zero attached hydrogens (tertiary/aromatic N) is 1. The van der Waals surface area contributed by atoms with Crippen LogP contribution in [-0.2, 0) is 6.42 Å². The van der Waals surface area contributed by atoms with Crippen molar-refractivity contribution in [3.8, 4) is 11.1 Å². The molecule has 0 aliphatic carbocycles. The maximum Gasteiger partial charge on any atom is 0.229 e. The average Bonchev–Trinajstić information content (AvgIpc) is 2.64. The summed E-state index contributed by atoms with van der Waals surface area (Å²) in [4.78, 5) is 0. The Labute approximate surface area is 96.4 Å². The molecular weight excluding hydrogens is 256 g/mol. The van der Waals surface area contributed by atoms with Crippen LogP contribution in [0.1, 0.15) is 12.5 Å². The Balaban J connectivity index is 2.58. The van der Waals surface area contributed by atoms with Gasteiger partial charge in [-0.05, 0) is 29.7 Å². The fourth-order valence-electron chi connectivity index (χ4n) is 1.57. The number of rotatable bonds is 2. The highest BCUT2D eigenvalue weighted by Crippen LogP contribution is 2.30. The van der Waals surface area contributed by atoms with Crippen molar-refractivity contribution in [2.75, 3.05) is 5.73 Å². The van der Waals surface area contributed by atoms with E-state index in [-0.39, 0.29) is 0 Å². The molecule has 0 atom stereocenters. The monoisotopic (exact) mass is 266 g/mol. The van der Waals surface area contributed by atoms with Gasteiger partial charge >= 0.3 is 0 Å². The standard InChI is InChI=1S/C11H11BrN2O/c1-2-7-5-8(12)3-4-9(7)10-6-14-15-11(10)13/h3-6H,2,13H2,1H3. The molecule has 2 rings (SSSR count). The van der Waals surface area contributed by atoms with E-state index in [1.165, 1.54) is 5.56 Å². The van der Waals surface area contributed by atoms with Crippen LogP contribution in [0.3, 0.4) is 0 Å². The Morgan fingerprint density at radius 1 is 1.40 bits per heavy atom. The van der Waals surface area contributed by atoms with E-state index < -0.39 is 0 Å². The molecule has 78 valence electrons. The summed E-state index contributed by atoms with van der Waals surface area (Å²) < 4.78 is 5.93. The molecule has 0 fully saturated rings. The highest BCUT2D eigenvalue weighted by Gasteiger charge is 2.10. The Morgan fingerprint density at radius 3 is 2.80 bits per heavy atom. The van der Waals surface area contributed by atoms with Gasteiger partial charge in [0.15, 0.2) is 0 Å². The third-order valence-corrected chi connectivity index (χ3v) is 2.83. The largest absolute Gasteiger partial charge is 0.367 e. The molecule has 1 aromatic heterocycles. The molecule has 1 heterocycles. The molecule has 0 radical (unpaired) electrons. The van der Waals surface area contributed by atoms with Crippen molar-refractivity contribution in [1.29, 1.82) is 0 Å². The molecule has 0 saturated heterocycles. The van der Waals surface area contributed by atoms with Crippen LogP contribution in [0.15, 0.2) is 33.4 Å². The molecule has 0 spiro atoms. The molecule has 0 unspecified atom stereocenters. The van der Waals surface area contributed by atoms with Crippen molar-refractivity contribution in [3.05, 3.63) is 34.4 Å². The first kappa shape index (κ1) is 10.2. The molecule has 0 saturated carbocycles. The molecule has 3 nitrogen and oxygen atoms in total. The van der Waals surface area contributed by atoms with Crippen molar-refractivity contribution >= 4 is 21.8 Å². The number of hydrogen-bond donors (Lipinski definition) is 1. The zero-order valence-corrected chi connectivity index (χ0v) is 9.91. The van der Waals surface area contributed by atoms with Gasteiger partial charge in [-0.2, -0.15) is 0 Å². The maximum atomic E-state index is 5.69. The zero-order chi connectivity index (χ0) is 10.8. The van der Waals surface area contributed by atoms with Gasteiger partial charge in [0.05, 0.1) is 11.8 Å². The molecule has 1 aromatic carbocycles. The Bertz CT molecular complexity index is 479. The Hall–Kier alpha value is -1.29. The van der Waals surface area contributed by atoms with E-state index in [0.29, 0.717) is 5.88 Å². The summed E-state index contributed by atoms with van der Waals surface area (Å²) in [7, 11) is 0. The van der Waals surface area contributed by atoms with Crippen LogP contribution in [0.4, 0.5) is 5.88 Å². The number of nitrogen functional groups attached to an aromatic ring is 1. The number of aromatic nitrogens is 1. The van der Waals surface area contributed by atoms with Gasteiger partial charge in [0.1, 0.15) is 0 Å². The maximum absolute atomic E-state index is 5.69. The molecule has 0 aliphatic rings. The van der Waals surface area contributed by atoms with E-state index in [4.69, 9.17) is 10.3 Å². The number of anilines is 1. The summed E-state index contributed by atoms with van der Waals surface area (Å²) in [5.74, 6) is 0.368. The fourth-order valence-corrected chi connectivity index (χ4v) is 1.98. The number of aryl methyl sites for hydroxylation is 1. The molecule has 2 aromatic rings. The number of hydrogen-bond acceptors (Lipinski definition) is 3. The first-order valence-corrected chi connectivity index (χ1v) is 5.50. The van der Waals surface area contributed by atoms with Crippen LogP contribution < -0.4 is 5.73 Å². The van der Waals surface area contributed by atoms with Gasteiger partial charge in [-0.3, -0.25) is 0 Å². The molecule has 2 N–H and O–H groups in total. The zero-order valence-electron chi connectivity index (χ0n) is 8.33. The van der Waals surface area contributed by atoms with Gasteiger partial charge in [-0.1, -0.05) is 34.1 Å². The second-order valence-electron chi connectivity index (χ2n) is 3.26. The van der Waals surface area contributed by atoms with Crippen molar-refractivity contribution < 1.29 is 4.52 Å². The minimum Gasteiger partial charge on any atom is -0.367 e. The van der Waals surface area contributed by atoms with Gasteiger partial charge < -0.3 is 10.3 Å². The lowest BCUT2D eigenvalue weighted by Crippen LogP contribution is -1.90. The van der Waals surface area contributed by atoms with Crippen molar-refractivity contribution in [2.24, 2.45) is 0 Å². The second kappa shape index (κ2) is 4.06. The first-order chi connectivity index (χ1) is 7.22. The lowest BCUT2D eigenvalue weighted by molar-refractivity contribution is 0.436.